The predicted molar refractivity (Wildman–Crippen MR) is 90.4 cm³/mol. The van der Waals surface area contributed by atoms with Gasteiger partial charge in [-0.25, -0.2) is 0 Å². The molecule has 0 aromatic heterocycles. The molecule has 1 saturated heterocycles. The van der Waals surface area contributed by atoms with E-state index < -0.39 is 0 Å². The number of likely N-dealkylation sites (tertiary alicyclic amines) is 1. The molecule has 2 aliphatic rings. The van der Waals surface area contributed by atoms with Crippen LogP contribution in [-0.2, 0) is 5.41 Å². The summed E-state index contributed by atoms with van der Waals surface area (Å²) in [6, 6.07) is 8.62. The number of anilines is 1. The van der Waals surface area contributed by atoms with Gasteiger partial charge in [0.1, 0.15) is 0 Å². The summed E-state index contributed by atoms with van der Waals surface area (Å²) in [6.45, 7) is 8.61. The van der Waals surface area contributed by atoms with Crippen molar-refractivity contribution in [3.05, 3.63) is 29.8 Å². The lowest BCUT2D eigenvalue weighted by Gasteiger charge is -2.27. The number of hydrogen-bond donors (Lipinski definition) is 1. The molecule has 0 radical (unpaired) electrons. The number of nitrogen functional groups attached to an aromatic ring is 1. The van der Waals surface area contributed by atoms with Crippen molar-refractivity contribution in [3.8, 4) is 0 Å². The fourth-order valence-electron chi connectivity index (χ4n) is 3.96. The van der Waals surface area contributed by atoms with Gasteiger partial charge >= 0.3 is 0 Å². The van der Waals surface area contributed by atoms with Crippen molar-refractivity contribution >= 4 is 5.69 Å². The number of benzene rings is 1. The summed E-state index contributed by atoms with van der Waals surface area (Å²) in [5, 5.41) is 0. The van der Waals surface area contributed by atoms with E-state index in [9.17, 15) is 0 Å². The largest absolute Gasteiger partial charge is 0.399 e. The zero-order chi connectivity index (χ0) is 14.9. The molecule has 1 aromatic carbocycles. The van der Waals surface area contributed by atoms with Gasteiger partial charge in [0, 0.05) is 17.6 Å². The van der Waals surface area contributed by atoms with E-state index in [0.717, 1.165) is 17.5 Å². The minimum Gasteiger partial charge on any atom is -0.399 e. The van der Waals surface area contributed by atoms with Crippen LogP contribution in [0.1, 0.15) is 51.5 Å². The summed E-state index contributed by atoms with van der Waals surface area (Å²) in [4.78, 5) is 2.73. The molecule has 2 nitrogen and oxygen atoms in total. The van der Waals surface area contributed by atoms with Crippen LogP contribution in [0, 0.1) is 11.8 Å². The molecule has 0 spiro atoms. The molecule has 1 aliphatic carbocycles. The molecule has 1 atom stereocenters. The molecule has 2 heteroatoms. The molecule has 1 unspecified atom stereocenters. The van der Waals surface area contributed by atoms with E-state index in [2.05, 4.69) is 43.0 Å². The SMILES string of the molecule is CC(C)C1CCCN(CC2(c3ccc(N)cc3)CC2)CC1. The zero-order valence-corrected chi connectivity index (χ0v) is 13.6. The minimum absolute atomic E-state index is 0.436. The summed E-state index contributed by atoms with van der Waals surface area (Å²) < 4.78 is 0. The Labute approximate surface area is 129 Å². The minimum atomic E-state index is 0.436. The second-order valence-electron chi connectivity index (χ2n) is 7.61. The van der Waals surface area contributed by atoms with Crippen LogP contribution in [-0.4, -0.2) is 24.5 Å². The first-order chi connectivity index (χ1) is 10.1. The monoisotopic (exact) mass is 286 g/mol. The van der Waals surface area contributed by atoms with Gasteiger partial charge in [-0.1, -0.05) is 26.0 Å². The summed E-state index contributed by atoms with van der Waals surface area (Å²) >= 11 is 0. The van der Waals surface area contributed by atoms with Crippen LogP contribution in [0.25, 0.3) is 0 Å². The smallest absolute Gasteiger partial charge is 0.0314 e. The van der Waals surface area contributed by atoms with E-state index in [1.54, 1.807) is 0 Å². The lowest BCUT2D eigenvalue weighted by atomic mass is 9.89. The third-order valence-corrected chi connectivity index (χ3v) is 5.71. The van der Waals surface area contributed by atoms with Crippen molar-refractivity contribution in [2.45, 2.75) is 51.4 Å². The zero-order valence-electron chi connectivity index (χ0n) is 13.6. The molecule has 116 valence electrons. The van der Waals surface area contributed by atoms with Gasteiger partial charge in [-0.3, -0.25) is 0 Å². The molecule has 1 saturated carbocycles. The van der Waals surface area contributed by atoms with Gasteiger partial charge in [-0.05, 0) is 74.7 Å². The van der Waals surface area contributed by atoms with Gasteiger partial charge in [-0.2, -0.15) is 0 Å². The van der Waals surface area contributed by atoms with E-state index in [-0.39, 0.29) is 0 Å². The maximum Gasteiger partial charge on any atom is 0.0314 e. The second-order valence-corrected chi connectivity index (χ2v) is 7.61. The first kappa shape index (κ1) is 14.9. The number of hydrogen-bond acceptors (Lipinski definition) is 2. The lowest BCUT2D eigenvalue weighted by Crippen LogP contribution is -2.33. The number of nitrogens with zero attached hydrogens (tertiary/aromatic N) is 1. The quantitative estimate of drug-likeness (QED) is 0.846. The van der Waals surface area contributed by atoms with Gasteiger partial charge < -0.3 is 10.6 Å². The van der Waals surface area contributed by atoms with Crippen molar-refractivity contribution in [1.29, 1.82) is 0 Å². The molecule has 0 amide bonds. The predicted octanol–water partition coefficient (Wildman–Crippen LogP) is 4.06. The average molecular weight is 286 g/mol. The Morgan fingerprint density at radius 3 is 2.48 bits per heavy atom. The van der Waals surface area contributed by atoms with Crippen LogP contribution in [0.4, 0.5) is 5.69 Å². The Hall–Kier alpha value is -1.02. The Bertz CT molecular complexity index is 459. The number of rotatable bonds is 4. The van der Waals surface area contributed by atoms with Crippen LogP contribution in [0.3, 0.4) is 0 Å². The Morgan fingerprint density at radius 1 is 1.14 bits per heavy atom. The highest BCUT2D eigenvalue weighted by molar-refractivity contribution is 5.43. The van der Waals surface area contributed by atoms with Crippen LogP contribution < -0.4 is 5.73 Å². The lowest BCUT2D eigenvalue weighted by molar-refractivity contribution is 0.249. The summed E-state index contributed by atoms with van der Waals surface area (Å²) in [7, 11) is 0. The molecule has 1 aliphatic heterocycles. The van der Waals surface area contributed by atoms with Crippen molar-refractivity contribution in [2.24, 2.45) is 11.8 Å². The summed E-state index contributed by atoms with van der Waals surface area (Å²) in [5.74, 6) is 1.78. The Balaban J connectivity index is 1.62. The van der Waals surface area contributed by atoms with Crippen molar-refractivity contribution in [3.63, 3.8) is 0 Å². The van der Waals surface area contributed by atoms with E-state index in [4.69, 9.17) is 5.73 Å². The van der Waals surface area contributed by atoms with Crippen molar-refractivity contribution < 1.29 is 0 Å². The maximum absolute atomic E-state index is 5.83. The Morgan fingerprint density at radius 2 is 1.86 bits per heavy atom. The van der Waals surface area contributed by atoms with Crippen LogP contribution in [0.5, 0.6) is 0 Å². The van der Waals surface area contributed by atoms with Gasteiger partial charge in [0.2, 0.25) is 0 Å². The molecule has 2 N–H and O–H groups in total. The van der Waals surface area contributed by atoms with E-state index in [1.165, 1.54) is 57.3 Å². The van der Waals surface area contributed by atoms with Crippen LogP contribution >= 0.6 is 0 Å². The second kappa shape index (κ2) is 6.00. The normalized spacial score (nSPS) is 25.8. The van der Waals surface area contributed by atoms with E-state index >= 15 is 0 Å². The highest BCUT2D eigenvalue weighted by Crippen LogP contribution is 2.49. The fourth-order valence-corrected chi connectivity index (χ4v) is 3.96. The standard InChI is InChI=1S/C19H30N2/c1-15(2)16-4-3-12-21(13-9-16)14-19(10-11-19)17-5-7-18(20)8-6-17/h5-8,15-16H,3-4,9-14,20H2,1-2H3. The molecular formula is C19H30N2. The molecule has 21 heavy (non-hydrogen) atoms. The first-order valence-electron chi connectivity index (χ1n) is 8.67. The molecule has 3 rings (SSSR count). The van der Waals surface area contributed by atoms with Gasteiger partial charge in [0.05, 0.1) is 0 Å². The molecule has 1 heterocycles. The number of nitrogens with two attached hydrogens (primary N) is 1. The average Bonchev–Trinajstić information content (AvgIpc) is 3.25. The highest BCUT2D eigenvalue weighted by atomic mass is 15.1. The first-order valence-corrected chi connectivity index (χ1v) is 8.67. The summed E-state index contributed by atoms with van der Waals surface area (Å²) in [6.07, 6.45) is 6.88. The van der Waals surface area contributed by atoms with Crippen LogP contribution in [0.15, 0.2) is 24.3 Å². The summed E-state index contributed by atoms with van der Waals surface area (Å²) in [5.41, 5.74) is 8.64. The molecular weight excluding hydrogens is 256 g/mol. The maximum atomic E-state index is 5.83. The molecule has 0 bridgehead atoms. The molecule has 2 fully saturated rings. The van der Waals surface area contributed by atoms with Crippen molar-refractivity contribution in [2.75, 3.05) is 25.4 Å². The van der Waals surface area contributed by atoms with Gasteiger partial charge in [0.25, 0.3) is 0 Å². The van der Waals surface area contributed by atoms with Crippen molar-refractivity contribution in [1.82, 2.24) is 4.90 Å². The highest BCUT2D eigenvalue weighted by Gasteiger charge is 2.45. The van der Waals surface area contributed by atoms with E-state index in [1.807, 2.05) is 0 Å². The van der Waals surface area contributed by atoms with Crippen LogP contribution in [0.2, 0.25) is 0 Å². The Kier molecular flexibility index (Phi) is 4.26. The molecule has 1 aromatic rings. The van der Waals surface area contributed by atoms with Gasteiger partial charge in [0.15, 0.2) is 0 Å². The topological polar surface area (TPSA) is 29.3 Å². The fraction of sp³-hybridized carbons (Fsp3) is 0.684. The third kappa shape index (κ3) is 3.42. The van der Waals surface area contributed by atoms with Gasteiger partial charge in [-0.15, -0.1) is 0 Å². The van der Waals surface area contributed by atoms with E-state index in [0.29, 0.717) is 5.41 Å². The third-order valence-electron chi connectivity index (χ3n) is 5.71.